The quantitative estimate of drug-likeness (QED) is 0.655. The van der Waals surface area contributed by atoms with Gasteiger partial charge in [0, 0.05) is 12.0 Å². The molecule has 2 aromatic carbocycles. The molecule has 0 amide bonds. The van der Waals surface area contributed by atoms with Crippen LogP contribution in [0.3, 0.4) is 0 Å². The van der Waals surface area contributed by atoms with E-state index in [9.17, 15) is 13.2 Å². The van der Waals surface area contributed by atoms with Crippen molar-refractivity contribution in [1.82, 2.24) is 0 Å². The monoisotopic (exact) mass is 398 g/mol. The molecule has 134 valence electrons. The number of carbonyl (C=O) groups is 1. The molecular formula is C19H20Cl2O3S. The highest BCUT2D eigenvalue weighted by molar-refractivity contribution is 7.91. The molecule has 2 rings (SSSR count). The van der Waals surface area contributed by atoms with E-state index in [1.807, 2.05) is 0 Å². The molecule has 0 aliphatic carbocycles. The summed E-state index contributed by atoms with van der Waals surface area (Å²) >= 11 is 11.8. The summed E-state index contributed by atoms with van der Waals surface area (Å²) in [5.41, 5.74) is 1.97. The van der Waals surface area contributed by atoms with Crippen molar-refractivity contribution < 1.29 is 13.2 Å². The van der Waals surface area contributed by atoms with E-state index in [1.54, 1.807) is 63.2 Å². The minimum Gasteiger partial charge on any atom is -0.294 e. The van der Waals surface area contributed by atoms with Crippen LogP contribution in [-0.2, 0) is 22.0 Å². The Morgan fingerprint density at radius 1 is 0.920 bits per heavy atom. The molecule has 0 saturated carbocycles. The van der Waals surface area contributed by atoms with Gasteiger partial charge in [-0.25, -0.2) is 8.42 Å². The fourth-order valence-corrected chi connectivity index (χ4v) is 3.54. The largest absolute Gasteiger partial charge is 0.294 e. The van der Waals surface area contributed by atoms with E-state index >= 15 is 0 Å². The van der Waals surface area contributed by atoms with Crippen LogP contribution in [0.15, 0.2) is 42.5 Å². The second kappa shape index (κ2) is 7.48. The lowest BCUT2D eigenvalue weighted by atomic mass is 10.0. The van der Waals surface area contributed by atoms with E-state index in [0.29, 0.717) is 21.2 Å². The summed E-state index contributed by atoms with van der Waals surface area (Å²) in [6.45, 7) is 5.03. The molecule has 0 aromatic heterocycles. The highest BCUT2D eigenvalue weighted by Crippen LogP contribution is 2.24. The summed E-state index contributed by atoms with van der Waals surface area (Å²) < 4.78 is 23.7. The van der Waals surface area contributed by atoms with Gasteiger partial charge in [-0.05, 0) is 44.0 Å². The molecule has 0 radical (unpaired) electrons. The topological polar surface area (TPSA) is 51.2 Å². The van der Waals surface area contributed by atoms with E-state index in [1.165, 1.54) is 0 Å². The van der Waals surface area contributed by atoms with Gasteiger partial charge in [0.05, 0.1) is 20.5 Å². The van der Waals surface area contributed by atoms with Gasteiger partial charge in [0.2, 0.25) is 0 Å². The van der Waals surface area contributed by atoms with Gasteiger partial charge in [-0.2, -0.15) is 0 Å². The average molecular weight is 399 g/mol. The molecule has 0 N–H and O–H groups in total. The number of Topliss-reactive ketones (excluding diaryl/α,β-unsaturated/α-hetero) is 1. The Kier molecular flexibility index (Phi) is 5.97. The van der Waals surface area contributed by atoms with Crippen molar-refractivity contribution >= 4 is 38.8 Å². The van der Waals surface area contributed by atoms with E-state index in [2.05, 4.69) is 0 Å². The number of rotatable bonds is 5. The summed E-state index contributed by atoms with van der Waals surface area (Å²) in [6.07, 6.45) is 0.205. The summed E-state index contributed by atoms with van der Waals surface area (Å²) in [5, 5.41) is 0.858. The Hall–Kier alpha value is -1.36. The van der Waals surface area contributed by atoms with Crippen LogP contribution in [0.4, 0.5) is 0 Å². The van der Waals surface area contributed by atoms with E-state index in [4.69, 9.17) is 23.2 Å². The number of benzene rings is 2. The summed E-state index contributed by atoms with van der Waals surface area (Å²) in [7, 11) is -3.25. The molecule has 0 atom stereocenters. The lowest BCUT2D eigenvalue weighted by Crippen LogP contribution is -2.29. The zero-order valence-electron chi connectivity index (χ0n) is 14.3. The summed E-state index contributed by atoms with van der Waals surface area (Å²) in [6, 6.07) is 11.8. The SMILES string of the molecule is CC(C)(C)S(=O)(=O)Cc1ccc(C(=O)Cc2ccc(Cl)c(Cl)c2)cc1. The van der Waals surface area contributed by atoms with Crippen molar-refractivity contribution in [2.24, 2.45) is 0 Å². The molecule has 0 aliphatic rings. The second-order valence-electron chi connectivity index (χ2n) is 6.92. The van der Waals surface area contributed by atoms with Crippen molar-refractivity contribution in [3.8, 4) is 0 Å². The van der Waals surface area contributed by atoms with Crippen molar-refractivity contribution in [1.29, 1.82) is 0 Å². The molecule has 25 heavy (non-hydrogen) atoms. The first kappa shape index (κ1) is 20.0. The summed E-state index contributed by atoms with van der Waals surface area (Å²) in [5.74, 6) is -0.110. The molecule has 0 unspecified atom stereocenters. The predicted molar refractivity (Wildman–Crippen MR) is 103 cm³/mol. The molecule has 0 saturated heterocycles. The molecule has 0 fully saturated rings. The Bertz CT molecular complexity index is 880. The van der Waals surface area contributed by atoms with Gasteiger partial charge in [-0.1, -0.05) is 53.5 Å². The van der Waals surface area contributed by atoms with Crippen molar-refractivity contribution in [2.75, 3.05) is 0 Å². The van der Waals surface area contributed by atoms with Crippen LogP contribution in [0, 0.1) is 0 Å². The van der Waals surface area contributed by atoms with Crippen LogP contribution in [0.2, 0.25) is 10.0 Å². The second-order valence-corrected chi connectivity index (χ2v) is 10.5. The van der Waals surface area contributed by atoms with Crippen LogP contribution in [-0.4, -0.2) is 18.9 Å². The molecular weight excluding hydrogens is 379 g/mol. The fourth-order valence-electron chi connectivity index (χ4n) is 2.16. The van der Waals surface area contributed by atoms with Crippen molar-refractivity contribution in [3.63, 3.8) is 0 Å². The van der Waals surface area contributed by atoms with Gasteiger partial charge >= 0.3 is 0 Å². The molecule has 0 heterocycles. The third-order valence-corrected chi connectivity index (χ3v) is 7.23. The molecule has 6 heteroatoms. The first-order chi connectivity index (χ1) is 11.5. The number of halogens is 2. The Morgan fingerprint density at radius 3 is 2.00 bits per heavy atom. The van der Waals surface area contributed by atoms with Crippen molar-refractivity contribution in [2.45, 2.75) is 37.7 Å². The van der Waals surface area contributed by atoms with Crippen molar-refractivity contribution in [3.05, 3.63) is 69.2 Å². The fraction of sp³-hybridized carbons (Fsp3) is 0.316. The van der Waals surface area contributed by atoms with Crippen LogP contribution in [0.25, 0.3) is 0 Å². The summed E-state index contributed by atoms with van der Waals surface area (Å²) in [4.78, 5) is 12.4. The lowest BCUT2D eigenvalue weighted by molar-refractivity contribution is 0.0993. The molecule has 0 spiro atoms. The van der Waals surface area contributed by atoms with Gasteiger partial charge in [-0.3, -0.25) is 4.79 Å². The normalized spacial score (nSPS) is 12.2. The maximum atomic E-state index is 12.4. The van der Waals surface area contributed by atoms with Crippen LogP contribution < -0.4 is 0 Å². The van der Waals surface area contributed by atoms with Gasteiger partial charge in [0.15, 0.2) is 15.6 Å². The van der Waals surface area contributed by atoms with E-state index < -0.39 is 14.6 Å². The third kappa shape index (κ3) is 5.06. The van der Waals surface area contributed by atoms with Gasteiger partial charge < -0.3 is 0 Å². The average Bonchev–Trinajstić information content (AvgIpc) is 2.50. The number of ketones is 1. The minimum atomic E-state index is -3.25. The molecule has 0 aliphatic heterocycles. The minimum absolute atomic E-state index is 0.0439. The van der Waals surface area contributed by atoms with Gasteiger partial charge in [0.25, 0.3) is 0 Å². The maximum Gasteiger partial charge on any atom is 0.167 e. The smallest absolute Gasteiger partial charge is 0.167 e. The Morgan fingerprint density at radius 2 is 1.48 bits per heavy atom. The third-order valence-electron chi connectivity index (χ3n) is 3.91. The van der Waals surface area contributed by atoms with Crippen LogP contribution in [0.1, 0.15) is 42.3 Å². The predicted octanol–water partition coefficient (Wildman–Crippen LogP) is 5.13. The molecule has 3 nitrogen and oxygen atoms in total. The van der Waals surface area contributed by atoms with E-state index in [0.717, 1.165) is 5.56 Å². The Balaban J connectivity index is 2.11. The lowest BCUT2D eigenvalue weighted by Gasteiger charge is -2.19. The van der Waals surface area contributed by atoms with Crippen LogP contribution in [0.5, 0.6) is 0 Å². The Labute approximate surface area is 158 Å². The highest BCUT2D eigenvalue weighted by Gasteiger charge is 2.28. The zero-order valence-corrected chi connectivity index (χ0v) is 16.7. The number of carbonyl (C=O) groups excluding carboxylic acids is 1. The van der Waals surface area contributed by atoms with Crippen LogP contribution >= 0.6 is 23.2 Å². The highest BCUT2D eigenvalue weighted by atomic mass is 35.5. The number of sulfone groups is 1. The molecule has 2 aromatic rings. The number of hydrogen-bond donors (Lipinski definition) is 0. The first-order valence-electron chi connectivity index (χ1n) is 7.78. The first-order valence-corrected chi connectivity index (χ1v) is 10.2. The number of hydrogen-bond acceptors (Lipinski definition) is 3. The zero-order chi connectivity index (χ0) is 18.8. The van der Waals surface area contributed by atoms with E-state index in [-0.39, 0.29) is 18.0 Å². The molecule has 0 bridgehead atoms. The van der Waals surface area contributed by atoms with Gasteiger partial charge in [0.1, 0.15) is 0 Å². The standard InChI is InChI=1S/C19H20Cl2O3S/c1-19(2,3)25(23,24)12-13-4-7-15(8-5-13)18(22)11-14-6-9-16(20)17(21)10-14/h4-10H,11-12H2,1-3H3. The van der Waals surface area contributed by atoms with Gasteiger partial charge in [-0.15, -0.1) is 0 Å². The maximum absolute atomic E-state index is 12.4.